The van der Waals surface area contributed by atoms with E-state index in [4.69, 9.17) is 4.84 Å². The second-order valence-electron chi connectivity index (χ2n) is 4.67. The number of ketones is 1. The number of halogens is 1. The largest absolute Gasteiger partial charge is 0.389 e. The monoisotopic (exact) mass is 297 g/mol. The minimum Gasteiger partial charge on any atom is -0.389 e. The molecule has 3 nitrogen and oxygen atoms in total. The van der Waals surface area contributed by atoms with E-state index in [1.54, 1.807) is 0 Å². The number of Topliss-reactive ketones (excluding diaryl/α,β-unsaturated/α-hetero) is 1. The molecule has 0 aliphatic heterocycles. The highest BCUT2D eigenvalue weighted by atomic mass is 79.9. The third-order valence-corrected chi connectivity index (χ3v) is 2.42. The van der Waals surface area contributed by atoms with Crippen molar-refractivity contribution in [2.45, 2.75) is 32.8 Å². The topological polar surface area (TPSA) is 38.7 Å². The zero-order valence-corrected chi connectivity index (χ0v) is 11.8. The lowest BCUT2D eigenvalue weighted by atomic mass is 10.1. The SMILES string of the molecule is CC(C)(C)O/N=C(\Br)C(=O)Cc1ccccc1. The maximum absolute atomic E-state index is 11.8. The molecule has 0 bridgehead atoms. The van der Waals surface area contributed by atoms with E-state index in [1.165, 1.54) is 0 Å². The van der Waals surface area contributed by atoms with Crippen LogP contribution in [0.4, 0.5) is 0 Å². The summed E-state index contributed by atoms with van der Waals surface area (Å²) in [4.78, 5) is 16.9. The molecule has 92 valence electrons. The summed E-state index contributed by atoms with van der Waals surface area (Å²) in [6.07, 6.45) is 0.318. The van der Waals surface area contributed by atoms with E-state index in [9.17, 15) is 4.79 Å². The molecule has 0 heterocycles. The lowest BCUT2D eigenvalue weighted by Gasteiger charge is -2.15. The zero-order valence-electron chi connectivity index (χ0n) is 10.2. The molecule has 0 aliphatic carbocycles. The lowest BCUT2D eigenvalue weighted by Crippen LogP contribution is -2.18. The Bertz CT molecular complexity index is 407. The molecule has 0 saturated heterocycles. The van der Waals surface area contributed by atoms with Crippen molar-refractivity contribution < 1.29 is 9.63 Å². The number of benzene rings is 1. The maximum atomic E-state index is 11.8. The van der Waals surface area contributed by atoms with Crippen LogP contribution in [-0.4, -0.2) is 16.0 Å². The highest BCUT2D eigenvalue weighted by molar-refractivity contribution is 9.19. The molecule has 1 rings (SSSR count). The fourth-order valence-electron chi connectivity index (χ4n) is 1.08. The van der Waals surface area contributed by atoms with Crippen molar-refractivity contribution in [2.24, 2.45) is 5.16 Å². The van der Waals surface area contributed by atoms with Crippen LogP contribution in [0.1, 0.15) is 26.3 Å². The average molecular weight is 298 g/mol. The van der Waals surface area contributed by atoms with Crippen molar-refractivity contribution in [1.82, 2.24) is 0 Å². The Balaban J connectivity index is 2.59. The van der Waals surface area contributed by atoms with E-state index in [0.717, 1.165) is 5.56 Å². The Morgan fingerprint density at radius 3 is 2.41 bits per heavy atom. The quantitative estimate of drug-likeness (QED) is 0.632. The summed E-state index contributed by atoms with van der Waals surface area (Å²) in [5.41, 5.74) is 0.562. The molecule has 0 aromatic heterocycles. The van der Waals surface area contributed by atoms with E-state index < -0.39 is 5.60 Å². The first kappa shape index (κ1) is 13.9. The number of carbonyl (C=O) groups excluding carboxylic acids is 1. The van der Waals surface area contributed by atoms with Crippen LogP contribution in [0.2, 0.25) is 0 Å². The number of hydrogen-bond acceptors (Lipinski definition) is 3. The second-order valence-corrected chi connectivity index (χ2v) is 5.42. The molecule has 1 aromatic rings. The molecule has 17 heavy (non-hydrogen) atoms. The molecule has 0 radical (unpaired) electrons. The van der Waals surface area contributed by atoms with Gasteiger partial charge >= 0.3 is 0 Å². The van der Waals surface area contributed by atoms with Crippen molar-refractivity contribution in [3.8, 4) is 0 Å². The first-order valence-corrected chi connectivity index (χ1v) is 6.16. The van der Waals surface area contributed by atoms with Crippen LogP contribution in [0.5, 0.6) is 0 Å². The van der Waals surface area contributed by atoms with Crippen molar-refractivity contribution in [2.75, 3.05) is 0 Å². The van der Waals surface area contributed by atoms with E-state index in [2.05, 4.69) is 21.1 Å². The van der Waals surface area contributed by atoms with Gasteiger partial charge in [-0.15, -0.1) is 0 Å². The van der Waals surface area contributed by atoms with E-state index in [1.807, 2.05) is 51.1 Å². The van der Waals surface area contributed by atoms with Crippen LogP contribution in [0.15, 0.2) is 35.5 Å². The van der Waals surface area contributed by atoms with Gasteiger partial charge < -0.3 is 4.84 Å². The van der Waals surface area contributed by atoms with Crippen LogP contribution >= 0.6 is 15.9 Å². The van der Waals surface area contributed by atoms with E-state index in [-0.39, 0.29) is 10.4 Å². The molecule has 0 atom stereocenters. The molecule has 0 unspecified atom stereocenters. The number of rotatable bonds is 4. The highest BCUT2D eigenvalue weighted by Gasteiger charge is 2.14. The molecule has 0 amide bonds. The summed E-state index contributed by atoms with van der Waals surface area (Å²) in [5.74, 6) is -0.0968. The van der Waals surface area contributed by atoms with Crippen LogP contribution in [0.3, 0.4) is 0 Å². The fourth-order valence-corrected chi connectivity index (χ4v) is 1.29. The molecule has 0 N–H and O–H groups in total. The van der Waals surface area contributed by atoms with Gasteiger partial charge in [0.05, 0.1) is 0 Å². The summed E-state index contributed by atoms with van der Waals surface area (Å²) < 4.78 is 0.219. The summed E-state index contributed by atoms with van der Waals surface area (Å²) >= 11 is 3.13. The van der Waals surface area contributed by atoms with Crippen LogP contribution in [0, 0.1) is 0 Å². The van der Waals surface area contributed by atoms with Crippen molar-refractivity contribution >= 4 is 26.3 Å². The molecule has 0 aliphatic rings. The minimum absolute atomic E-state index is 0.0968. The first-order valence-electron chi connectivity index (χ1n) is 5.37. The zero-order chi connectivity index (χ0) is 12.9. The average Bonchev–Trinajstić information content (AvgIpc) is 2.26. The normalized spacial score (nSPS) is 12.4. The Labute approximate surface area is 110 Å². The predicted octanol–water partition coefficient (Wildman–Crippen LogP) is 3.32. The third-order valence-electron chi connectivity index (χ3n) is 1.84. The third kappa shape index (κ3) is 5.63. The van der Waals surface area contributed by atoms with Crippen molar-refractivity contribution in [3.05, 3.63) is 35.9 Å². The Morgan fingerprint density at radius 1 is 1.29 bits per heavy atom. The Morgan fingerprint density at radius 2 is 1.88 bits per heavy atom. The number of carbonyl (C=O) groups is 1. The number of oxime groups is 1. The van der Waals surface area contributed by atoms with Gasteiger partial charge in [-0.1, -0.05) is 35.5 Å². The molecular weight excluding hydrogens is 282 g/mol. The molecule has 1 aromatic carbocycles. The van der Waals surface area contributed by atoms with Gasteiger partial charge in [-0.05, 0) is 42.3 Å². The van der Waals surface area contributed by atoms with Crippen LogP contribution < -0.4 is 0 Å². The lowest BCUT2D eigenvalue weighted by molar-refractivity contribution is -0.112. The minimum atomic E-state index is -0.397. The summed E-state index contributed by atoms with van der Waals surface area (Å²) in [7, 11) is 0. The summed E-state index contributed by atoms with van der Waals surface area (Å²) in [6.45, 7) is 5.62. The van der Waals surface area contributed by atoms with Gasteiger partial charge in [-0.25, -0.2) is 0 Å². The van der Waals surface area contributed by atoms with Crippen LogP contribution in [-0.2, 0) is 16.1 Å². The maximum Gasteiger partial charge on any atom is 0.196 e. The number of nitrogens with zero attached hydrogens (tertiary/aromatic N) is 1. The smallest absolute Gasteiger partial charge is 0.196 e. The van der Waals surface area contributed by atoms with Crippen molar-refractivity contribution in [3.63, 3.8) is 0 Å². The van der Waals surface area contributed by atoms with E-state index >= 15 is 0 Å². The molecular formula is C13H16BrNO2. The molecule has 0 fully saturated rings. The summed E-state index contributed by atoms with van der Waals surface area (Å²) in [6, 6.07) is 9.53. The second kappa shape index (κ2) is 5.96. The van der Waals surface area contributed by atoms with Gasteiger partial charge in [0, 0.05) is 6.42 Å². The summed E-state index contributed by atoms with van der Waals surface area (Å²) in [5, 5.41) is 3.78. The van der Waals surface area contributed by atoms with Gasteiger partial charge in [0.15, 0.2) is 10.4 Å². The highest BCUT2D eigenvalue weighted by Crippen LogP contribution is 2.09. The van der Waals surface area contributed by atoms with Gasteiger partial charge in [-0.2, -0.15) is 0 Å². The van der Waals surface area contributed by atoms with Crippen molar-refractivity contribution in [1.29, 1.82) is 0 Å². The molecule has 0 spiro atoms. The fraction of sp³-hybridized carbons (Fsp3) is 0.385. The Kier molecular flexibility index (Phi) is 4.87. The van der Waals surface area contributed by atoms with E-state index in [0.29, 0.717) is 6.42 Å². The van der Waals surface area contributed by atoms with Gasteiger partial charge in [0.25, 0.3) is 0 Å². The standard InChI is InChI=1S/C13H16BrNO2/c1-13(2,3)17-15-12(14)11(16)9-10-7-5-4-6-8-10/h4-8H,9H2,1-3H3/b15-12-. The van der Waals surface area contributed by atoms with Gasteiger partial charge in [-0.3, -0.25) is 4.79 Å². The van der Waals surface area contributed by atoms with Gasteiger partial charge in [0.2, 0.25) is 0 Å². The first-order chi connectivity index (χ1) is 7.88. The number of hydrogen-bond donors (Lipinski definition) is 0. The Hall–Kier alpha value is -1.16. The molecule has 4 heteroatoms. The van der Waals surface area contributed by atoms with Crippen LogP contribution in [0.25, 0.3) is 0 Å². The van der Waals surface area contributed by atoms with Gasteiger partial charge in [0.1, 0.15) is 5.60 Å². The molecule has 0 saturated carbocycles. The predicted molar refractivity (Wildman–Crippen MR) is 72.4 cm³/mol.